The van der Waals surface area contributed by atoms with E-state index in [0.29, 0.717) is 19.1 Å². The molecule has 0 unspecified atom stereocenters. The van der Waals surface area contributed by atoms with Crippen molar-refractivity contribution in [2.75, 3.05) is 33.7 Å². The summed E-state index contributed by atoms with van der Waals surface area (Å²) in [6, 6.07) is 0. The lowest BCUT2D eigenvalue weighted by molar-refractivity contribution is 0.257. The van der Waals surface area contributed by atoms with Gasteiger partial charge in [-0.15, -0.1) is 0 Å². The molecule has 6 heteroatoms. The largest absolute Gasteiger partial charge is 0.381 e. The normalized spacial score (nSPS) is 11.9. The number of aliphatic hydroxyl groups excluding tert-OH is 1. The van der Waals surface area contributed by atoms with Crippen LogP contribution in [0.4, 0.5) is 0 Å². The van der Waals surface area contributed by atoms with Gasteiger partial charge in [0.05, 0.1) is 12.9 Å². The van der Waals surface area contributed by atoms with E-state index >= 15 is 0 Å². The molecule has 0 aliphatic heterocycles. The first-order valence-electron chi connectivity index (χ1n) is 3.70. The van der Waals surface area contributed by atoms with Crippen LogP contribution in [0.15, 0.2) is 0 Å². The lowest BCUT2D eigenvalue weighted by atomic mass is 10.5. The van der Waals surface area contributed by atoms with Crippen LogP contribution < -0.4 is 5.32 Å². The Labute approximate surface area is 72.6 Å². The summed E-state index contributed by atoms with van der Waals surface area (Å²) in [6.45, 7) is 0.539. The maximum Gasteiger partial charge on any atom is 0.330 e. The highest BCUT2D eigenvalue weighted by atomic mass is 31.2. The zero-order valence-corrected chi connectivity index (χ0v) is 8.34. The van der Waals surface area contributed by atoms with Gasteiger partial charge < -0.3 is 14.2 Å². The summed E-state index contributed by atoms with van der Waals surface area (Å²) in [5.41, 5.74) is 0. The zero-order chi connectivity index (χ0) is 9.45. The number of hydrogen-bond donors (Lipinski definition) is 2. The summed E-state index contributed by atoms with van der Waals surface area (Å²) >= 11 is 0. The van der Waals surface area contributed by atoms with Crippen LogP contribution in [0.1, 0.15) is 6.42 Å². The highest BCUT2D eigenvalue weighted by Crippen LogP contribution is 2.46. The van der Waals surface area contributed by atoms with Crippen molar-refractivity contribution in [3.63, 3.8) is 0 Å². The van der Waals surface area contributed by atoms with E-state index in [1.165, 1.54) is 14.2 Å². The lowest BCUT2D eigenvalue weighted by Gasteiger charge is -2.12. The first-order valence-corrected chi connectivity index (χ1v) is 5.43. The molecule has 0 aromatic carbocycles. The van der Waals surface area contributed by atoms with Gasteiger partial charge in [0, 0.05) is 14.2 Å². The van der Waals surface area contributed by atoms with Gasteiger partial charge in [-0.05, 0) is 13.0 Å². The van der Waals surface area contributed by atoms with Crippen LogP contribution in [0.25, 0.3) is 0 Å². The Bertz CT molecular complexity index is 144. The third kappa shape index (κ3) is 4.85. The Morgan fingerprint density at radius 1 is 1.42 bits per heavy atom. The Kier molecular flexibility index (Phi) is 6.61. The molecule has 5 nitrogen and oxygen atoms in total. The molecule has 74 valence electrons. The molecule has 0 aromatic rings. The Morgan fingerprint density at radius 2 is 2.00 bits per heavy atom. The molecule has 0 spiro atoms. The minimum absolute atomic E-state index is 0.0652. The van der Waals surface area contributed by atoms with Gasteiger partial charge in [-0.2, -0.15) is 0 Å². The van der Waals surface area contributed by atoms with Gasteiger partial charge in [0.1, 0.15) is 0 Å². The van der Waals surface area contributed by atoms with Gasteiger partial charge in [-0.1, -0.05) is 0 Å². The van der Waals surface area contributed by atoms with Crippen LogP contribution in [-0.4, -0.2) is 38.8 Å². The second-order valence-electron chi connectivity index (χ2n) is 2.21. The van der Waals surface area contributed by atoms with E-state index in [0.717, 1.165) is 0 Å². The first-order chi connectivity index (χ1) is 5.68. The highest BCUT2D eigenvalue weighted by molar-refractivity contribution is 7.53. The van der Waals surface area contributed by atoms with Crippen LogP contribution in [0.2, 0.25) is 0 Å². The fourth-order valence-electron chi connectivity index (χ4n) is 0.734. The predicted octanol–water partition coefficient (Wildman–Crippen LogP) is 0.402. The average molecular weight is 197 g/mol. The van der Waals surface area contributed by atoms with Crippen molar-refractivity contribution in [3.05, 3.63) is 0 Å². The minimum Gasteiger partial charge on any atom is -0.381 e. The van der Waals surface area contributed by atoms with Gasteiger partial charge in [0.25, 0.3) is 0 Å². The third-order valence-electron chi connectivity index (χ3n) is 1.45. The highest BCUT2D eigenvalue weighted by Gasteiger charge is 2.19. The summed E-state index contributed by atoms with van der Waals surface area (Å²) < 4.78 is 20.8. The fourth-order valence-corrected chi connectivity index (χ4v) is 1.79. The van der Waals surface area contributed by atoms with Crippen LogP contribution in [0.5, 0.6) is 0 Å². The van der Waals surface area contributed by atoms with Gasteiger partial charge in [-0.25, -0.2) is 0 Å². The molecule has 12 heavy (non-hydrogen) atoms. The SMILES string of the molecule is COP(=O)(CCCNCO)OC. The van der Waals surface area contributed by atoms with Gasteiger partial charge in [0.15, 0.2) is 0 Å². The van der Waals surface area contributed by atoms with Crippen molar-refractivity contribution in [1.82, 2.24) is 5.32 Å². The van der Waals surface area contributed by atoms with Crippen molar-refractivity contribution in [2.24, 2.45) is 0 Å². The molecule has 0 amide bonds. The molecule has 0 atom stereocenters. The number of aliphatic hydroxyl groups is 1. The second-order valence-corrected chi connectivity index (χ2v) is 4.61. The topological polar surface area (TPSA) is 67.8 Å². The molecule has 0 aromatic heterocycles. The quantitative estimate of drug-likeness (QED) is 0.351. The van der Waals surface area contributed by atoms with E-state index in [1.54, 1.807) is 0 Å². The van der Waals surface area contributed by atoms with Crippen molar-refractivity contribution in [3.8, 4) is 0 Å². The van der Waals surface area contributed by atoms with E-state index in [2.05, 4.69) is 5.32 Å². The molecule has 0 rings (SSSR count). The van der Waals surface area contributed by atoms with Crippen molar-refractivity contribution < 1.29 is 18.7 Å². The summed E-state index contributed by atoms with van der Waals surface area (Å²) in [5.74, 6) is 0. The van der Waals surface area contributed by atoms with Crippen LogP contribution in [-0.2, 0) is 13.6 Å². The van der Waals surface area contributed by atoms with Crippen molar-refractivity contribution in [1.29, 1.82) is 0 Å². The van der Waals surface area contributed by atoms with Gasteiger partial charge in [-0.3, -0.25) is 9.88 Å². The molecule has 2 N–H and O–H groups in total. The Hall–Kier alpha value is 0.0700. The van der Waals surface area contributed by atoms with Crippen molar-refractivity contribution in [2.45, 2.75) is 6.42 Å². The molecule has 0 aliphatic carbocycles. The first kappa shape index (κ1) is 12.1. The van der Waals surface area contributed by atoms with E-state index < -0.39 is 7.60 Å². The van der Waals surface area contributed by atoms with Gasteiger partial charge in [0.2, 0.25) is 0 Å². The number of rotatable bonds is 7. The smallest absolute Gasteiger partial charge is 0.330 e. The van der Waals surface area contributed by atoms with Crippen LogP contribution in [0, 0.1) is 0 Å². The van der Waals surface area contributed by atoms with Crippen LogP contribution in [0.3, 0.4) is 0 Å². The fraction of sp³-hybridized carbons (Fsp3) is 1.00. The molecule has 0 aliphatic rings. The van der Waals surface area contributed by atoms with Crippen LogP contribution >= 0.6 is 7.60 Å². The molecular formula is C6H16NO4P. The predicted molar refractivity (Wildman–Crippen MR) is 46.2 cm³/mol. The second kappa shape index (κ2) is 6.57. The zero-order valence-electron chi connectivity index (χ0n) is 7.45. The molecular weight excluding hydrogens is 181 g/mol. The van der Waals surface area contributed by atoms with E-state index in [9.17, 15) is 4.57 Å². The standard InChI is InChI=1S/C6H16NO4P/c1-10-12(9,11-2)5-3-4-7-6-8/h7-8H,3-6H2,1-2H3. The number of hydrogen-bond acceptors (Lipinski definition) is 5. The molecule has 0 radical (unpaired) electrons. The summed E-state index contributed by atoms with van der Waals surface area (Å²) in [4.78, 5) is 0. The van der Waals surface area contributed by atoms with E-state index in [1.807, 2.05) is 0 Å². The molecule has 0 heterocycles. The minimum atomic E-state index is -2.84. The average Bonchev–Trinajstić information content (AvgIpc) is 2.12. The maximum absolute atomic E-state index is 11.4. The maximum atomic E-state index is 11.4. The Balaban J connectivity index is 3.52. The third-order valence-corrected chi connectivity index (χ3v) is 3.43. The summed E-state index contributed by atoms with van der Waals surface area (Å²) in [6.07, 6.45) is 1.02. The summed E-state index contributed by atoms with van der Waals surface area (Å²) in [5, 5.41) is 11.1. The molecule has 0 fully saturated rings. The van der Waals surface area contributed by atoms with Gasteiger partial charge >= 0.3 is 7.60 Å². The molecule has 0 saturated carbocycles. The lowest BCUT2D eigenvalue weighted by Crippen LogP contribution is -2.17. The Morgan fingerprint density at radius 3 is 2.42 bits per heavy atom. The number of nitrogens with one attached hydrogen (secondary N) is 1. The van der Waals surface area contributed by atoms with E-state index in [4.69, 9.17) is 14.2 Å². The van der Waals surface area contributed by atoms with E-state index in [-0.39, 0.29) is 6.73 Å². The molecule has 0 bridgehead atoms. The molecule has 0 saturated heterocycles. The van der Waals surface area contributed by atoms with Crippen molar-refractivity contribution >= 4 is 7.60 Å². The monoisotopic (exact) mass is 197 g/mol. The summed E-state index contributed by atoms with van der Waals surface area (Å²) in [7, 11) is -0.113.